The van der Waals surface area contributed by atoms with Crippen molar-refractivity contribution >= 4 is 75.3 Å². The smallest absolute Gasteiger partial charge is 0.259 e. The summed E-state index contributed by atoms with van der Waals surface area (Å²) in [6.45, 7) is 11.9. The Hall–Kier alpha value is -6.22. The molecule has 0 unspecified atom stereocenters. The van der Waals surface area contributed by atoms with Gasteiger partial charge in [-0.25, -0.2) is 4.98 Å². The van der Waals surface area contributed by atoms with Crippen molar-refractivity contribution in [1.29, 1.82) is 5.26 Å². The molecule has 3 atom stereocenters. The number of β-amino-alcohol motifs (C(OH)–C–C–N with tert-alkyl or cyclic N) is 1. The van der Waals surface area contributed by atoms with Gasteiger partial charge >= 0.3 is 0 Å². The highest BCUT2D eigenvalue weighted by Crippen LogP contribution is 2.38. The molecule has 2 saturated heterocycles. The Morgan fingerprint density at radius 1 is 0.971 bits per heavy atom. The van der Waals surface area contributed by atoms with Gasteiger partial charge in [-0.05, 0) is 116 Å². The van der Waals surface area contributed by atoms with E-state index >= 15 is 0 Å². The summed E-state index contributed by atoms with van der Waals surface area (Å²) in [4.78, 5) is 64.2. The van der Waals surface area contributed by atoms with Gasteiger partial charge in [-0.3, -0.25) is 24.1 Å². The minimum Gasteiger partial charge on any atom is -0.494 e. The van der Waals surface area contributed by atoms with Gasteiger partial charge in [0.25, 0.3) is 5.91 Å². The number of nitrogens with zero attached hydrogens (tertiary/aromatic N) is 5. The third-order valence-electron chi connectivity index (χ3n) is 12.2. The van der Waals surface area contributed by atoms with Crippen LogP contribution in [-0.4, -0.2) is 93.8 Å². The molecule has 2 aliphatic rings. The van der Waals surface area contributed by atoms with Gasteiger partial charge in [0.15, 0.2) is 5.11 Å². The molecule has 3 N–H and O–H groups in total. The number of unbranched alkanes of at least 4 members (excludes halogenated alkanes) is 1. The zero-order valence-electron chi connectivity index (χ0n) is 39.5. The van der Waals surface area contributed by atoms with Crippen LogP contribution in [0.4, 0.5) is 11.4 Å². The summed E-state index contributed by atoms with van der Waals surface area (Å²) < 4.78 is 11.6. The summed E-state index contributed by atoms with van der Waals surface area (Å²) in [7, 11) is 0. The minimum atomic E-state index is -0.970. The van der Waals surface area contributed by atoms with Crippen LogP contribution in [0.15, 0.2) is 96.5 Å². The standard InChI is InChI=1S/C52H56ClN7O7S2/c1-32-45(69-31-56-32)36-11-9-33(10-12-36)28-55-47(63)43-26-40(61)29-58(43)48(64)46(51(2,3)4)57-44(62)30-66-23-7-8-24-67-41-21-16-35(17-22-41)34-13-18-38(19-14-34)60-50(68)59(49(65)52(60,5)6)39-20-15-37(27-54)42(53)25-39/h9-22,25,31,40,43,46,61H,7-8,23-24,26,28-30H2,1-6H3,(H,55,63)(H,57,62)/t40-,43+,46-/m1/s1. The Kier molecular flexibility index (Phi) is 15.9. The van der Waals surface area contributed by atoms with Gasteiger partial charge in [0.05, 0.1) is 45.1 Å². The second kappa shape index (κ2) is 21.6. The number of thiocarbonyl (C=S) groups is 1. The maximum atomic E-state index is 14.0. The highest BCUT2D eigenvalue weighted by atomic mass is 35.5. The average molecular weight is 991 g/mol. The first-order valence-electron chi connectivity index (χ1n) is 22.7. The minimum absolute atomic E-state index is 0.0161. The Morgan fingerprint density at radius 2 is 1.61 bits per heavy atom. The van der Waals surface area contributed by atoms with Gasteiger partial charge in [-0.2, -0.15) is 5.26 Å². The number of rotatable bonds is 17. The molecule has 5 aromatic rings. The van der Waals surface area contributed by atoms with Crippen molar-refractivity contribution in [2.75, 3.05) is 36.2 Å². The van der Waals surface area contributed by atoms with Crippen LogP contribution in [0.2, 0.25) is 5.02 Å². The number of hydrogen-bond acceptors (Lipinski definition) is 11. The average Bonchev–Trinajstić information content (AvgIpc) is 3.99. The van der Waals surface area contributed by atoms with E-state index in [1.165, 1.54) is 9.80 Å². The van der Waals surface area contributed by atoms with Gasteiger partial charge in [0.2, 0.25) is 17.7 Å². The molecule has 4 amide bonds. The maximum absolute atomic E-state index is 14.0. The molecule has 14 nitrogen and oxygen atoms in total. The molecule has 4 aromatic carbocycles. The van der Waals surface area contributed by atoms with E-state index in [0.717, 1.165) is 38.5 Å². The van der Waals surface area contributed by atoms with Crippen LogP contribution in [0.25, 0.3) is 21.6 Å². The number of halogens is 1. The summed E-state index contributed by atoms with van der Waals surface area (Å²) in [5, 5.41) is 26.2. The summed E-state index contributed by atoms with van der Waals surface area (Å²) in [6.07, 6.45) is 0.541. The number of ether oxygens (including phenoxy) is 2. The summed E-state index contributed by atoms with van der Waals surface area (Å²) in [5.74, 6) is -0.768. The summed E-state index contributed by atoms with van der Waals surface area (Å²) in [6, 6.07) is 28.4. The number of aliphatic hydroxyl groups is 1. The lowest BCUT2D eigenvalue weighted by Gasteiger charge is -2.35. The van der Waals surface area contributed by atoms with Crippen molar-refractivity contribution in [3.63, 3.8) is 0 Å². The molecular weight excluding hydrogens is 934 g/mol. The third-order valence-corrected chi connectivity index (χ3v) is 13.9. The van der Waals surface area contributed by atoms with E-state index in [1.54, 1.807) is 29.5 Å². The molecule has 2 aliphatic heterocycles. The van der Waals surface area contributed by atoms with Crippen LogP contribution in [0.3, 0.4) is 0 Å². The Bertz CT molecular complexity index is 2730. The predicted molar refractivity (Wildman–Crippen MR) is 272 cm³/mol. The first-order chi connectivity index (χ1) is 32.9. The number of nitriles is 1. The monoisotopic (exact) mass is 989 g/mol. The fraction of sp³-hybridized carbons (Fsp3) is 0.365. The number of thiazole rings is 1. The molecule has 3 heterocycles. The number of carbonyl (C=O) groups is 4. The number of likely N-dealkylation sites (tertiary alicyclic amines) is 1. The van der Waals surface area contributed by atoms with Crippen molar-refractivity contribution in [3.05, 3.63) is 118 Å². The number of hydrogen-bond donors (Lipinski definition) is 3. The second-order valence-electron chi connectivity index (χ2n) is 18.7. The van der Waals surface area contributed by atoms with Crippen LogP contribution in [0.5, 0.6) is 5.75 Å². The summed E-state index contributed by atoms with van der Waals surface area (Å²) >= 11 is 13.7. The Balaban J connectivity index is 0.831. The Labute approximate surface area is 417 Å². The molecule has 0 radical (unpaired) electrons. The van der Waals surface area contributed by atoms with E-state index in [1.807, 2.05) is 131 Å². The van der Waals surface area contributed by atoms with Crippen LogP contribution < -0.4 is 25.2 Å². The number of aliphatic hydroxyl groups excluding tert-OH is 1. The molecule has 2 fully saturated rings. The predicted octanol–water partition coefficient (Wildman–Crippen LogP) is 8.21. The highest BCUT2D eigenvalue weighted by molar-refractivity contribution is 7.81. The lowest BCUT2D eigenvalue weighted by molar-refractivity contribution is -0.144. The van der Waals surface area contributed by atoms with E-state index < -0.39 is 41.0 Å². The molecule has 1 aromatic heterocycles. The van der Waals surface area contributed by atoms with Gasteiger partial charge < -0.3 is 35.0 Å². The lowest BCUT2D eigenvalue weighted by atomic mass is 9.85. The molecule has 17 heteroatoms. The number of aromatic nitrogens is 1. The lowest BCUT2D eigenvalue weighted by Crippen LogP contribution is -2.58. The largest absolute Gasteiger partial charge is 0.494 e. The number of anilines is 2. The van der Waals surface area contributed by atoms with Crippen LogP contribution in [-0.2, 0) is 30.5 Å². The molecule has 0 aliphatic carbocycles. The van der Waals surface area contributed by atoms with E-state index in [0.29, 0.717) is 48.2 Å². The van der Waals surface area contributed by atoms with E-state index in [-0.39, 0.29) is 43.0 Å². The maximum Gasteiger partial charge on any atom is 0.259 e. The normalized spacial score (nSPS) is 17.2. The van der Waals surface area contributed by atoms with Gasteiger partial charge in [0, 0.05) is 31.8 Å². The first-order valence-corrected chi connectivity index (χ1v) is 24.4. The van der Waals surface area contributed by atoms with E-state index in [4.69, 9.17) is 33.3 Å². The molecule has 69 heavy (non-hydrogen) atoms. The zero-order chi connectivity index (χ0) is 49.6. The van der Waals surface area contributed by atoms with Gasteiger partial charge in [0.1, 0.15) is 36.0 Å². The zero-order valence-corrected chi connectivity index (χ0v) is 41.8. The first kappa shape index (κ1) is 50.7. The molecule has 360 valence electrons. The van der Waals surface area contributed by atoms with Gasteiger partial charge in [-0.1, -0.05) is 80.9 Å². The fourth-order valence-electron chi connectivity index (χ4n) is 8.38. The molecule has 0 saturated carbocycles. The van der Waals surface area contributed by atoms with E-state index in [9.17, 15) is 29.5 Å². The second-order valence-corrected chi connectivity index (χ2v) is 20.3. The Morgan fingerprint density at radius 3 is 2.23 bits per heavy atom. The van der Waals surface area contributed by atoms with Crippen molar-refractivity contribution in [2.24, 2.45) is 5.41 Å². The number of amides is 4. The molecule has 7 rings (SSSR count). The SMILES string of the molecule is Cc1ncsc1-c1ccc(CNC(=O)[C@@H]2C[C@@H](O)CN2C(=O)[C@@H](NC(=O)COCCCCOc2ccc(-c3ccc(N4C(=S)N(c5ccc(C#N)c(Cl)c5)C(=O)C4(C)C)cc3)cc2)C(C)(C)C)cc1. The molecule has 0 bridgehead atoms. The van der Waals surface area contributed by atoms with Crippen LogP contribution in [0.1, 0.15) is 70.7 Å². The molecule has 0 spiro atoms. The number of aryl methyl sites for hydroxylation is 1. The van der Waals surface area contributed by atoms with Crippen molar-refractivity contribution in [2.45, 2.75) is 91.1 Å². The van der Waals surface area contributed by atoms with Crippen molar-refractivity contribution in [1.82, 2.24) is 20.5 Å². The highest BCUT2D eigenvalue weighted by Gasteiger charge is 2.50. The van der Waals surface area contributed by atoms with Crippen LogP contribution in [0, 0.1) is 23.7 Å². The van der Waals surface area contributed by atoms with Gasteiger partial charge in [-0.15, -0.1) is 11.3 Å². The van der Waals surface area contributed by atoms with Crippen LogP contribution >= 0.6 is 35.2 Å². The number of benzene rings is 4. The van der Waals surface area contributed by atoms with Crippen molar-refractivity contribution < 1.29 is 33.8 Å². The molecular formula is C52H56ClN7O7S2. The fourth-order valence-corrected chi connectivity index (χ4v) is 9.93. The number of nitrogens with one attached hydrogen (secondary N) is 2. The number of carbonyl (C=O) groups excluding carboxylic acids is 4. The topological polar surface area (TPSA) is 177 Å². The summed E-state index contributed by atoms with van der Waals surface area (Å²) in [5.41, 5.74) is 6.55. The quantitative estimate of drug-likeness (QED) is 0.0605. The van der Waals surface area contributed by atoms with Crippen molar-refractivity contribution in [3.8, 4) is 33.4 Å². The third kappa shape index (κ3) is 11.6. The van der Waals surface area contributed by atoms with E-state index in [2.05, 4.69) is 15.6 Å².